The topological polar surface area (TPSA) is 109 Å². The Balaban J connectivity index is 3.33. The molecule has 6 nitrogen and oxygen atoms in total. The number of nitrogens with two attached hydrogens (primary N) is 1. The van der Waals surface area contributed by atoms with E-state index in [-0.39, 0.29) is 11.1 Å². The number of carbonyl (C=O) groups excluding carboxylic acids is 2. The largest absolute Gasteiger partial charge is 0.478 e. The van der Waals surface area contributed by atoms with Gasteiger partial charge in [0.25, 0.3) is 5.91 Å². The summed E-state index contributed by atoms with van der Waals surface area (Å²) in [5, 5.41) is 11.7. The van der Waals surface area contributed by atoms with Crippen LogP contribution >= 0.6 is 0 Å². The molecule has 20 heavy (non-hydrogen) atoms. The second-order valence-electron chi connectivity index (χ2n) is 5.20. The number of carbonyl (C=O) groups is 3. The molecule has 2 amide bonds. The smallest absolute Gasteiger partial charge is 0.336 e. The van der Waals surface area contributed by atoms with E-state index in [1.165, 1.54) is 13.8 Å². The lowest BCUT2D eigenvalue weighted by Gasteiger charge is -2.23. The lowest BCUT2D eigenvalue weighted by atomic mass is 9.95. The monoisotopic (exact) mass is 278 g/mol. The third-order valence-electron chi connectivity index (χ3n) is 3.10. The van der Waals surface area contributed by atoms with Crippen LogP contribution in [0.3, 0.4) is 0 Å². The number of amides is 2. The van der Waals surface area contributed by atoms with Gasteiger partial charge in [0.1, 0.15) is 5.54 Å². The van der Waals surface area contributed by atoms with Crippen molar-refractivity contribution in [1.82, 2.24) is 5.32 Å². The summed E-state index contributed by atoms with van der Waals surface area (Å²) in [7, 11) is 0. The van der Waals surface area contributed by atoms with Crippen LogP contribution in [0.15, 0.2) is 12.1 Å². The number of carboxylic acids is 1. The van der Waals surface area contributed by atoms with Crippen molar-refractivity contribution in [2.24, 2.45) is 5.73 Å². The van der Waals surface area contributed by atoms with E-state index in [0.717, 1.165) is 0 Å². The Morgan fingerprint density at radius 2 is 1.55 bits per heavy atom. The third-order valence-corrected chi connectivity index (χ3v) is 3.10. The maximum absolute atomic E-state index is 12.3. The molecular formula is C14H18N2O4. The van der Waals surface area contributed by atoms with Crippen LogP contribution in [0.2, 0.25) is 0 Å². The van der Waals surface area contributed by atoms with Gasteiger partial charge < -0.3 is 16.2 Å². The number of hydrogen-bond donors (Lipinski definition) is 3. The first-order valence-corrected chi connectivity index (χ1v) is 6.04. The summed E-state index contributed by atoms with van der Waals surface area (Å²) in [5.74, 6) is -2.52. The number of benzene rings is 1. The molecule has 4 N–H and O–H groups in total. The molecule has 0 spiro atoms. The molecule has 6 heteroatoms. The number of carboxylic acid groups (broad SMARTS) is 1. The predicted octanol–water partition coefficient (Wildman–Crippen LogP) is 0.995. The van der Waals surface area contributed by atoms with Crippen molar-refractivity contribution in [3.05, 3.63) is 34.4 Å². The van der Waals surface area contributed by atoms with E-state index in [1.807, 2.05) is 0 Å². The zero-order valence-electron chi connectivity index (χ0n) is 11.9. The van der Waals surface area contributed by atoms with Gasteiger partial charge >= 0.3 is 5.97 Å². The van der Waals surface area contributed by atoms with E-state index in [1.54, 1.807) is 26.0 Å². The molecule has 0 aromatic heterocycles. The van der Waals surface area contributed by atoms with Crippen LogP contribution in [-0.2, 0) is 4.79 Å². The number of aromatic carboxylic acids is 1. The highest BCUT2D eigenvalue weighted by atomic mass is 16.4. The van der Waals surface area contributed by atoms with Crippen LogP contribution in [0.5, 0.6) is 0 Å². The van der Waals surface area contributed by atoms with Crippen molar-refractivity contribution in [2.45, 2.75) is 33.2 Å². The summed E-state index contributed by atoms with van der Waals surface area (Å²) < 4.78 is 0. The summed E-state index contributed by atoms with van der Waals surface area (Å²) in [4.78, 5) is 34.9. The Bertz CT molecular complexity index is 591. The molecule has 0 heterocycles. The summed E-state index contributed by atoms with van der Waals surface area (Å²) >= 11 is 0. The van der Waals surface area contributed by atoms with Gasteiger partial charge in [0, 0.05) is 0 Å². The minimum absolute atomic E-state index is 0.0480. The van der Waals surface area contributed by atoms with E-state index in [0.29, 0.717) is 11.1 Å². The molecule has 1 rings (SSSR count). The van der Waals surface area contributed by atoms with Crippen molar-refractivity contribution in [3.63, 3.8) is 0 Å². The zero-order valence-corrected chi connectivity index (χ0v) is 11.9. The van der Waals surface area contributed by atoms with Crippen LogP contribution in [-0.4, -0.2) is 28.4 Å². The second-order valence-corrected chi connectivity index (χ2v) is 5.20. The summed E-state index contributed by atoms with van der Waals surface area (Å²) in [6, 6.07) is 3.29. The molecular weight excluding hydrogens is 260 g/mol. The van der Waals surface area contributed by atoms with Gasteiger partial charge in [-0.25, -0.2) is 4.79 Å². The van der Waals surface area contributed by atoms with E-state index in [9.17, 15) is 19.5 Å². The molecule has 0 radical (unpaired) electrons. The highest BCUT2D eigenvalue weighted by Gasteiger charge is 2.30. The maximum atomic E-state index is 12.3. The molecule has 0 atom stereocenters. The molecule has 0 unspecified atom stereocenters. The van der Waals surface area contributed by atoms with Crippen LogP contribution < -0.4 is 11.1 Å². The standard InChI is InChI=1S/C14H18N2O4/c1-7-5-6-8(2)10(12(18)19)9(7)11(17)16-14(3,4)13(15)20/h5-6H,1-4H3,(H2,15,20)(H,16,17)(H,18,19). The molecule has 0 aliphatic carbocycles. The first-order chi connectivity index (χ1) is 9.08. The first kappa shape index (κ1) is 15.7. The molecule has 0 saturated carbocycles. The van der Waals surface area contributed by atoms with Gasteiger partial charge in [-0.1, -0.05) is 12.1 Å². The van der Waals surface area contributed by atoms with Crippen LogP contribution in [0.25, 0.3) is 0 Å². The molecule has 108 valence electrons. The van der Waals surface area contributed by atoms with Crippen LogP contribution in [0.4, 0.5) is 0 Å². The van der Waals surface area contributed by atoms with Gasteiger partial charge in [-0.05, 0) is 38.8 Å². The normalized spacial score (nSPS) is 11.0. The van der Waals surface area contributed by atoms with Crippen molar-refractivity contribution >= 4 is 17.8 Å². The number of aryl methyl sites for hydroxylation is 2. The molecule has 0 aliphatic heterocycles. The number of hydrogen-bond acceptors (Lipinski definition) is 3. The second kappa shape index (κ2) is 5.32. The Morgan fingerprint density at radius 1 is 1.10 bits per heavy atom. The Hall–Kier alpha value is -2.37. The Labute approximate surface area is 117 Å². The number of primary amides is 1. The van der Waals surface area contributed by atoms with E-state index in [2.05, 4.69) is 5.32 Å². The Morgan fingerprint density at radius 3 is 1.95 bits per heavy atom. The highest BCUT2D eigenvalue weighted by Crippen LogP contribution is 2.19. The molecule has 0 bridgehead atoms. The van der Waals surface area contributed by atoms with Gasteiger partial charge in [-0.15, -0.1) is 0 Å². The fourth-order valence-corrected chi connectivity index (χ4v) is 1.79. The van der Waals surface area contributed by atoms with Gasteiger partial charge in [0.05, 0.1) is 11.1 Å². The molecule has 0 aliphatic rings. The van der Waals surface area contributed by atoms with E-state index in [4.69, 9.17) is 5.73 Å². The lowest BCUT2D eigenvalue weighted by molar-refractivity contribution is -0.122. The average molecular weight is 278 g/mol. The zero-order chi connectivity index (χ0) is 15.7. The number of nitrogens with one attached hydrogen (secondary N) is 1. The fraction of sp³-hybridized carbons (Fsp3) is 0.357. The average Bonchev–Trinajstić information content (AvgIpc) is 2.30. The minimum Gasteiger partial charge on any atom is -0.478 e. The molecule has 1 aromatic carbocycles. The number of rotatable bonds is 4. The van der Waals surface area contributed by atoms with E-state index >= 15 is 0 Å². The summed E-state index contributed by atoms with van der Waals surface area (Å²) in [6.45, 7) is 6.16. The van der Waals surface area contributed by atoms with Gasteiger partial charge in [0.15, 0.2) is 0 Å². The van der Waals surface area contributed by atoms with Crippen molar-refractivity contribution in [3.8, 4) is 0 Å². The van der Waals surface area contributed by atoms with Gasteiger partial charge in [-0.2, -0.15) is 0 Å². The summed E-state index contributed by atoms with van der Waals surface area (Å²) in [6.07, 6.45) is 0. The molecule has 0 fully saturated rings. The molecule has 0 saturated heterocycles. The van der Waals surface area contributed by atoms with Crippen LogP contribution in [0.1, 0.15) is 45.7 Å². The fourth-order valence-electron chi connectivity index (χ4n) is 1.79. The van der Waals surface area contributed by atoms with Crippen molar-refractivity contribution < 1.29 is 19.5 Å². The van der Waals surface area contributed by atoms with Gasteiger partial charge in [0.2, 0.25) is 5.91 Å². The van der Waals surface area contributed by atoms with E-state index < -0.39 is 23.3 Å². The minimum atomic E-state index is -1.26. The predicted molar refractivity (Wildman–Crippen MR) is 73.6 cm³/mol. The highest BCUT2D eigenvalue weighted by molar-refractivity contribution is 6.08. The Kier molecular flexibility index (Phi) is 4.17. The SMILES string of the molecule is Cc1ccc(C)c(C(=O)NC(C)(C)C(N)=O)c1C(=O)O. The maximum Gasteiger partial charge on any atom is 0.336 e. The van der Waals surface area contributed by atoms with Crippen molar-refractivity contribution in [2.75, 3.05) is 0 Å². The lowest BCUT2D eigenvalue weighted by Crippen LogP contribution is -2.53. The van der Waals surface area contributed by atoms with Gasteiger partial charge in [-0.3, -0.25) is 9.59 Å². The van der Waals surface area contributed by atoms with Crippen LogP contribution in [0, 0.1) is 13.8 Å². The van der Waals surface area contributed by atoms with Crippen molar-refractivity contribution in [1.29, 1.82) is 0 Å². The third kappa shape index (κ3) is 2.96. The first-order valence-electron chi connectivity index (χ1n) is 6.04. The quantitative estimate of drug-likeness (QED) is 0.763. The molecule has 1 aromatic rings. The summed E-state index contributed by atoms with van der Waals surface area (Å²) in [5.41, 5.74) is 4.91.